The molecule has 0 radical (unpaired) electrons. The summed E-state index contributed by atoms with van der Waals surface area (Å²) in [6, 6.07) is 10.0. The van der Waals surface area contributed by atoms with Gasteiger partial charge >= 0.3 is 0 Å². The van der Waals surface area contributed by atoms with Crippen molar-refractivity contribution in [2.75, 3.05) is 19.6 Å². The van der Waals surface area contributed by atoms with E-state index < -0.39 is 0 Å². The fraction of sp³-hybridized carbons (Fsp3) is 0.455. The zero-order chi connectivity index (χ0) is 19.7. The lowest BCUT2D eigenvalue weighted by Gasteiger charge is -2.27. The number of nitrogens with one attached hydrogen (secondary N) is 1. The molecule has 0 bridgehead atoms. The average molecular weight is 398 g/mol. The largest absolute Gasteiger partial charge is 0.347 e. The number of benzene rings is 1. The molecule has 2 aliphatic heterocycles. The predicted molar refractivity (Wildman–Crippen MR) is 112 cm³/mol. The molecule has 0 spiro atoms. The van der Waals surface area contributed by atoms with Crippen molar-refractivity contribution in [1.29, 1.82) is 0 Å². The minimum absolute atomic E-state index is 0.0569. The predicted octanol–water partition coefficient (Wildman–Crippen LogP) is 3.43. The minimum atomic E-state index is -0.103. The topological polar surface area (TPSA) is 52.6 Å². The van der Waals surface area contributed by atoms with E-state index in [2.05, 4.69) is 30.1 Å². The Labute approximate surface area is 170 Å². The van der Waals surface area contributed by atoms with Gasteiger partial charge in [-0.25, -0.2) is 0 Å². The zero-order valence-electron chi connectivity index (χ0n) is 16.5. The highest BCUT2D eigenvalue weighted by molar-refractivity contribution is 7.11. The second-order valence-corrected chi connectivity index (χ2v) is 9.01. The Morgan fingerprint density at radius 3 is 2.89 bits per heavy atom. The monoisotopic (exact) mass is 397 g/mol. The number of amides is 2. The van der Waals surface area contributed by atoms with Crippen LogP contribution >= 0.6 is 11.3 Å². The first-order valence-corrected chi connectivity index (χ1v) is 10.9. The quantitative estimate of drug-likeness (QED) is 0.813. The third-order valence-corrected chi connectivity index (χ3v) is 6.84. The van der Waals surface area contributed by atoms with Gasteiger partial charge in [0.15, 0.2) is 0 Å². The van der Waals surface area contributed by atoms with Gasteiger partial charge in [0.1, 0.15) is 0 Å². The van der Waals surface area contributed by atoms with E-state index in [1.165, 1.54) is 11.3 Å². The van der Waals surface area contributed by atoms with Crippen molar-refractivity contribution in [3.05, 3.63) is 56.8 Å². The lowest BCUT2D eigenvalue weighted by Crippen LogP contribution is -2.40. The highest BCUT2D eigenvalue weighted by Gasteiger charge is 2.34. The smallest absolute Gasteiger partial charge is 0.254 e. The maximum absolute atomic E-state index is 12.9. The second kappa shape index (κ2) is 8.05. The van der Waals surface area contributed by atoms with Gasteiger partial charge in [-0.05, 0) is 62.7 Å². The molecule has 2 aliphatic rings. The van der Waals surface area contributed by atoms with Crippen LogP contribution < -0.4 is 5.32 Å². The summed E-state index contributed by atoms with van der Waals surface area (Å²) in [6.45, 7) is 8.18. The SMILES string of the molecule is CCN1CCC[C@H]1CN1Cc2c(C(=O)NCc3ccc(C)s3)cccc2C1=O. The van der Waals surface area contributed by atoms with Crippen LogP contribution in [0.4, 0.5) is 0 Å². The summed E-state index contributed by atoms with van der Waals surface area (Å²) >= 11 is 1.69. The van der Waals surface area contributed by atoms with Crippen LogP contribution in [-0.2, 0) is 13.1 Å². The van der Waals surface area contributed by atoms with E-state index in [0.29, 0.717) is 30.3 Å². The van der Waals surface area contributed by atoms with Gasteiger partial charge < -0.3 is 10.2 Å². The summed E-state index contributed by atoms with van der Waals surface area (Å²) in [7, 11) is 0. The van der Waals surface area contributed by atoms with Crippen LogP contribution in [0.25, 0.3) is 0 Å². The molecule has 28 heavy (non-hydrogen) atoms. The Kier molecular flexibility index (Phi) is 5.51. The first-order chi connectivity index (χ1) is 13.6. The van der Waals surface area contributed by atoms with E-state index in [0.717, 1.165) is 36.5 Å². The van der Waals surface area contributed by atoms with Crippen LogP contribution in [0.1, 0.15) is 55.8 Å². The van der Waals surface area contributed by atoms with Crippen LogP contribution in [0, 0.1) is 6.92 Å². The summed E-state index contributed by atoms with van der Waals surface area (Å²) in [5.74, 6) is -0.0462. The Morgan fingerprint density at radius 2 is 2.14 bits per heavy atom. The molecule has 3 heterocycles. The van der Waals surface area contributed by atoms with Crippen molar-refractivity contribution in [2.24, 2.45) is 0 Å². The van der Waals surface area contributed by atoms with Gasteiger partial charge in [0.2, 0.25) is 0 Å². The molecule has 6 heteroatoms. The molecule has 2 aromatic rings. The third-order valence-electron chi connectivity index (χ3n) is 5.84. The number of carbonyl (C=O) groups excluding carboxylic acids is 2. The molecule has 0 aliphatic carbocycles. The summed E-state index contributed by atoms with van der Waals surface area (Å²) in [4.78, 5) is 32.5. The van der Waals surface area contributed by atoms with E-state index in [1.807, 2.05) is 29.2 Å². The summed E-state index contributed by atoms with van der Waals surface area (Å²) in [5.41, 5.74) is 2.18. The lowest BCUT2D eigenvalue weighted by atomic mass is 10.0. The first-order valence-electron chi connectivity index (χ1n) is 10.1. The number of hydrogen-bond donors (Lipinski definition) is 1. The fourth-order valence-corrected chi connectivity index (χ4v) is 5.20. The number of aryl methyl sites for hydroxylation is 1. The van der Waals surface area contributed by atoms with Gasteiger partial charge in [0, 0.05) is 40.0 Å². The summed E-state index contributed by atoms with van der Waals surface area (Å²) in [6.07, 6.45) is 2.34. The number of rotatable bonds is 6. The fourth-order valence-electron chi connectivity index (χ4n) is 4.37. The molecule has 1 atom stereocenters. The molecule has 1 N–H and O–H groups in total. The van der Waals surface area contributed by atoms with E-state index in [9.17, 15) is 9.59 Å². The van der Waals surface area contributed by atoms with Crippen LogP contribution in [-0.4, -0.2) is 47.3 Å². The Morgan fingerprint density at radius 1 is 1.29 bits per heavy atom. The van der Waals surface area contributed by atoms with Gasteiger partial charge in [-0.3, -0.25) is 14.5 Å². The van der Waals surface area contributed by atoms with Crippen LogP contribution in [0.15, 0.2) is 30.3 Å². The highest BCUT2D eigenvalue weighted by Crippen LogP contribution is 2.28. The van der Waals surface area contributed by atoms with Gasteiger partial charge in [0.25, 0.3) is 11.8 Å². The number of likely N-dealkylation sites (N-methyl/N-ethyl adjacent to an activating group) is 1. The van der Waals surface area contributed by atoms with Crippen LogP contribution in [0.3, 0.4) is 0 Å². The lowest BCUT2D eigenvalue weighted by molar-refractivity contribution is 0.0730. The second-order valence-electron chi connectivity index (χ2n) is 7.64. The molecule has 1 aromatic heterocycles. The van der Waals surface area contributed by atoms with Crippen LogP contribution in [0.2, 0.25) is 0 Å². The van der Waals surface area contributed by atoms with Gasteiger partial charge in [-0.15, -0.1) is 11.3 Å². The Hall–Kier alpha value is -2.18. The molecule has 0 saturated carbocycles. The van der Waals surface area contributed by atoms with Gasteiger partial charge in [0.05, 0.1) is 6.54 Å². The molecule has 148 valence electrons. The molecular formula is C22H27N3O2S. The van der Waals surface area contributed by atoms with Gasteiger partial charge in [-0.1, -0.05) is 13.0 Å². The van der Waals surface area contributed by atoms with Crippen molar-refractivity contribution in [1.82, 2.24) is 15.1 Å². The zero-order valence-corrected chi connectivity index (χ0v) is 17.3. The molecule has 1 aromatic carbocycles. The van der Waals surface area contributed by atoms with E-state index >= 15 is 0 Å². The molecular weight excluding hydrogens is 370 g/mol. The molecule has 1 fully saturated rings. The summed E-state index contributed by atoms with van der Waals surface area (Å²) < 4.78 is 0. The molecule has 0 unspecified atom stereocenters. The van der Waals surface area contributed by atoms with Crippen molar-refractivity contribution >= 4 is 23.2 Å². The molecule has 5 nitrogen and oxygen atoms in total. The number of nitrogens with zero attached hydrogens (tertiary/aromatic N) is 2. The number of thiophene rings is 1. The van der Waals surface area contributed by atoms with Crippen molar-refractivity contribution in [3.8, 4) is 0 Å². The maximum atomic E-state index is 12.9. The maximum Gasteiger partial charge on any atom is 0.254 e. The normalized spacial score (nSPS) is 19.3. The Bertz CT molecular complexity index is 892. The minimum Gasteiger partial charge on any atom is -0.347 e. The molecule has 1 saturated heterocycles. The molecule has 2 amide bonds. The summed E-state index contributed by atoms with van der Waals surface area (Å²) in [5, 5.41) is 3.01. The molecule has 4 rings (SSSR count). The number of carbonyl (C=O) groups is 2. The number of likely N-dealkylation sites (tertiary alicyclic amines) is 1. The van der Waals surface area contributed by atoms with Crippen molar-refractivity contribution in [3.63, 3.8) is 0 Å². The number of fused-ring (bicyclic) bond motifs is 1. The highest BCUT2D eigenvalue weighted by atomic mass is 32.1. The van der Waals surface area contributed by atoms with E-state index in [1.54, 1.807) is 11.3 Å². The standard InChI is InChI=1S/C22H27N3O2S/c1-3-24-11-5-6-16(24)13-25-14-20-18(7-4-8-19(20)22(25)27)21(26)23-12-17-10-9-15(2)28-17/h4,7-10,16H,3,5-6,11-14H2,1-2H3,(H,23,26)/t16-/m0/s1. The van der Waals surface area contributed by atoms with Crippen LogP contribution in [0.5, 0.6) is 0 Å². The van der Waals surface area contributed by atoms with Crippen molar-refractivity contribution < 1.29 is 9.59 Å². The average Bonchev–Trinajstić information content (AvgIpc) is 3.40. The van der Waals surface area contributed by atoms with Gasteiger partial charge in [-0.2, -0.15) is 0 Å². The Balaban J connectivity index is 1.47. The van der Waals surface area contributed by atoms with E-state index in [-0.39, 0.29) is 11.8 Å². The van der Waals surface area contributed by atoms with Crippen molar-refractivity contribution in [2.45, 2.75) is 45.8 Å². The first kappa shape index (κ1) is 19.2. The number of hydrogen-bond acceptors (Lipinski definition) is 4. The third kappa shape index (κ3) is 3.71. The van der Waals surface area contributed by atoms with E-state index in [4.69, 9.17) is 0 Å².